The first-order chi connectivity index (χ1) is 9.69. The Morgan fingerprint density at radius 2 is 2.20 bits per heavy atom. The molecule has 0 radical (unpaired) electrons. The Kier molecular flexibility index (Phi) is 3.59. The maximum absolute atomic E-state index is 13.9. The van der Waals surface area contributed by atoms with E-state index in [0.717, 1.165) is 30.5 Å². The van der Waals surface area contributed by atoms with Gasteiger partial charge in [0.25, 0.3) is 0 Å². The normalized spacial score (nSPS) is 13.3. The molecule has 104 valence electrons. The zero-order valence-corrected chi connectivity index (χ0v) is 11.6. The third kappa shape index (κ3) is 2.37. The van der Waals surface area contributed by atoms with Crippen molar-refractivity contribution < 1.29 is 9.13 Å². The van der Waals surface area contributed by atoms with E-state index in [1.54, 1.807) is 6.07 Å². The molecular formula is C15H14ClFN2O. The summed E-state index contributed by atoms with van der Waals surface area (Å²) in [5.41, 5.74) is 8.73. The first-order valence-electron chi connectivity index (χ1n) is 6.52. The quantitative estimate of drug-likeness (QED) is 0.940. The van der Waals surface area contributed by atoms with E-state index in [2.05, 4.69) is 4.98 Å². The van der Waals surface area contributed by atoms with E-state index in [4.69, 9.17) is 22.1 Å². The summed E-state index contributed by atoms with van der Waals surface area (Å²) >= 11 is 5.75. The van der Waals surface area contributed by atoms with E-state index >= 15 is 0 Å². The number of rotatable bonds is 3. The lowest BCUT2D eigenvalue weighted by Gasteiger charge is -2.12. The van der Waals surface area contributed by atoms with Gasteiger partial charge in [0.05, 0.1) is 5.02 Å². The number of fused-ring (bicyclic) bond motifs is 1. The molecule has 1 aromatic heterocycles. The predicted octanol–water partition coefficient (Wildman–Crippen LogP) is 3.61. The molecular weight excluding hydrogens is 279 g/mol. The van der Waals surface area contributed by atoms with Gasteiger partial charge in [-0.2, -0.15) is 0 Å². The Bertz CT molecular complexity index is 661. The van der Waals surface area contributed by atoms with E-state index in [-0.39, 0.29) is 10.8 Å². The number of nitrogens with two attached hydrogens (primary N) is 1. The minimum absolute atomic E-state index is 0.0259. The maximum Gasteiger partial charge on any atom is 0.224 e. The van der Waals surface area contributed by atoms with Crippen molar-refractivity contribution in [1.29, 1.82) is 0 Å². The van der Waals surface area contributed by atoms with Gasteiger partial charge >= 0.3 is 0 Å². The lowest BCUT2D eigenvalue weighted by Crippen LogP contribution is -2.04. The summed E-state index contributed by atoms with van der Waals surface area (Å²) in [6.07, 6.45) is 3.02. The largest absolute Gasteiger partial charge is 0.436 e. The molecule has 5 heteroatoms. The van der Waals surface area contributed by atoms with E-state index in [1.807, 2.05) is 6.07 Å². The molecule has 0 aliphatic heterocycles. The van der Waals surface area contributed by atoms with Crippen LogP contribution in [0.15, 0.2) is 24.3 Å². The van der Waals surface area contributed by atoms with Crippen LogP contribution in [0.5, 0.6) is 11.6 Å². The molecule has 2 N–H and O–H groups in total. The first-order valence-corrected chi connectivity index (χ1v) is 6.90. The fourth-order valence-electron chi connectivity index (χ4n) is 2.40. The minimum Gasteiger partial charge on any atom is -0.436 e. The average Bonchev–Trinajstić information content (AvgIpc) is 2.90. The highest BCUT2D eigenvalue weighted by Crippen LogP contribution is 2.32. The molecule has 3 rings (SSSR count). The molecule has 0 bridgehead atoms. The number of pyridine rings is 1. The van der Waals surface area contributed by atoms with Gasteiger partial charge in [-0.15, -0.1) is 0 Å². The Balaban J connectivity index is 2.00. The van der Waals surface area contributed by atoms with Crippen LogP contribution < -0.4 is 10.5 Å². The second-order valence-electron chi connectivity index (χ2n) is 4.77. The topological polar surface area (TPSA) is 48.1 Å². The van der Waals surface area contributed by atoms with Gasteiger partial charge in [0.15, 0.2) is 11.6 Å². The molecule has 1 aliphatic rings. The van der Waals surface area contributed by atoms with Crippen molar-refractivity contribution in [2.45, 2.75) is 25.8 Å². The van der Waals surface area contributed by atoms with Crippen molar-refractivity contribution in [1.82, 2.24) is 4.98 Å². The molecule has 0 saturated carbocycles. The molecule has 0 fully saturated rings. The number of halogens is 2. The van der Waals surface area contributed by atoms with Gasteiger partial charge < -0.3 is 10.5 Å². The van der Waals surface area contributed by atoms with Crippen molar-refractivity contribution in [3.63, 3.8) is 0 Å². The molecule has 0 atom stereocenters. The number of ether oxygens (including phenoxy) is 1. The number of nitrogens with zero attached hydrogens (tertiary/aromatic N) is 1. The van der Waals surface area contributed by atoms with Gasteiger partial charge in [-0.05, 0) is 43.0 Å². The minimum atomic E-state index is -0.584. The van der Waals surface area contributed by atoms with Crippen molar-refractivity contribution in [3.8, 4) is 11.6 Å². The Morgan fingerprint density at radius 1 is 1.35 bits per heavy atom. The van der Waals surface area contributed by atoms with Crippen LogP contribution in [0.1, 0.15) is 23.2 Å². The van der Waals surface area contributed by atoms with Gasteiger partial charge in [0.1, 0.15) is 0 Å². The second-order valence-corrected chi connectivity index (χ2v) is 5.18. The van der Waals surface area contributed by atoms with E-state index in [1.165, 1.54) is 17.7 Å². The number of hydrogen-bond donors (Lipinski definition) is 1. The summed E-state index contributed by atoms with van der Waals surface area (Å²) in [4.78, 5) is 4.48. The molecule has 1 aliphatic carbocycles. The van der Waals surface area contributed by atoms with Gasteiger partial charge in [0, 0.05) is 17.8 Å². The lowest BCUT2D eigenvalue weighted by atomic mass is 10.1. The van der Waals surface area contributed by atoms with Crippen molar-refractivity contribution >= 4 is 11.6 Å². The fraction of sp³-hybridized carbons (Fsp3) is 0.267. The van der Waals surface area contributed by atoms with Crippen LogP contribution in [0.3, 0.4) is 0 Å². The summed E-state index contributed by atoms with van der Waals surface area (Å²) in [6.45, 7) is 0.303. The highest BCUT2D eigenvalue weighted by molar-refractivity contribution is 6.30. The zero-order valence-electron chi connectivity index (χ0n) is 10.8. The smallest absolute Gasteiger partial charge is 0.224 e. The van der Waals surface area contributed by atoms with E-state index in [9.17, 15) is 4.39 Å². The zero-order chi connectivity index (χ0) is 14.1. The fourth-order valence-corrected chi connectivity index (χ4v) is 2.57. The van der Waals surface area contributed by atoms with Crippen LogP contribution >= 0.6 is 11.6 Å². The SMILES string of the molecule is NCc1cc2c(nc1Oc1cccc(Cl)c1F)CCC2. The van der Waals surface area contributed by atoms with Gasteiger partial charge in [-0.25, -0.2) is 9.37 Å². The number of aryl methyl sites for hydroxylation is 2. The monoisotopic (exact) mass is 292 g/mol. The third-order valence-electron chi connectivity index (χ3n) is 3.43. The summed E-state index contributed by atoms with van der Waals surface area (Å²) < 4.78 is 19.5. The highest BCUT2D eigenvalue weighted by atomic mass is 35.5. The molecule has 2 aromatic rings. The summed E-state index contributed by atoms with van der Waals surface area (Å²) in [5, 5.41) is 0.0259. The van der Waals surface area contributed by atoms with Crippen LogP contribution in [0.25, 0.3) is 0 Å². The van der Waals surface area contributed by atoms with Crippen LogP contribution in [-0.4, -0.2) is 4.98 Å². The van der Waals surface area contributed by atoms with Crippen LogP contribution in [0, 0.1) is 5.82 Å². The third-order valence-corrected chi connectivity index (χ3v) is 3.72. The van der Waals surface area contributed by atoms with Crippen molar-refractivity contribution in [2.24, 2.45) is 5.73 Å². The number of aromatic nitrogens is 1. The first kappa shape index (κ1) is 13.3. The average molecular weight is 293 g/mol. The highest BCUT2D eigenvalue weighted by Gasteiger charge is 2.18. The molecule has 0 saturated heterocycles. The van der Waals surface area contributed by atoms with Gasteiger partial charge in [-0.1, -0.05) is 17.7 Å². The molecule has 0 unspecified atom stereocenters. The molecule has 0 spiro atoms. The molecule has 1 aromatic carbocycles. The predicted molar refractivity (Wildman–Crippen MR) is 75.6 cm³/mol. The van der Waals surface area contributed by atoms with E-state index in [0.29, 0.717) is 12.4 Å². The van der Waals surface area contributed by atoms with Crippen LogP contribution in [-0.2, 0) is 19.4 Å². The number of benzene rings is 1. The van der Waals surface area contributed by atoms with Gasteiger partial charge in [0.2, 0.25) is 5.88 Å². The summed E-state index contributed by atoms with van der Waals surface area (Å²) in [7, 11) is 0. The Morgan fingerprint density at radius 3 is 3.00 bits per heavy atom. The Labute approximate surface area is 121 Å². The standard InChI is InChI=1S/C15H14ClFN2O/c16-11-4-2-6-13(14(11)17)20-15-10(8-18)7-9-3-1-5-12(9)19-15/h2,4,6-7H,1,3,5,8,18H2. The molecule has 1 heterocycles. The second kappa shape index (κ2) is 5.38. The lowest BCUT2D eigenvalue weighted by molar-refractivity contribution is 0.421. The van der Waals surface area contributed by atoms with Gasteiger partial charge in [-0.3, -0.25) is 0 Å². The van der Waals surface area contributed by atoms with Crippen molar-refractivity contribution in [2.75, 3.05) is 0 Å². The molecule has 3 nitrogen and oxygen atoms in total. The van der Waals surface area contributed by atoms with E-state index < -0.39 is 5.82 Å². The summed E-state index contributed by atoms with van der Waals surface area (Å²) in [5.74, 6) is -0.147. The van der Waals surface area contributed by atoms with Crippen LogP contribution in [0.2, 0.25) is 5.02 Å². The number of hydrogen-bond acceptors (Lipinski definition) is 3. The Hall–Kier alpha value is -1.65. The van der Waals surface area contributed by atoms with Crippen molar-refractivity contribution in [3.05, 3.63) is 51.9 Å². The maximum atomic E-state index is 13.9. The summed E-state index contributed by atoms with van der Waals surface area (Å²) in [6, 6.07) is 6.64. The molecule has 20 heavy (non-hydrogen) atoms. The van der Waals surface area contributed by atoms with Crippen LogP contribution in [0.4, 0.5) is 4.39 Å². The molecule has 0 amide bonds.